The maximum atomic E-state index is 8.99. The molecule has 2 aromatic heterocycles. The maximum Gasteiger partial charge on any atom is 0.229 e. The van der Waals surface area contributed by atoms with Gasteiger partial charge in [-0.2, -0.15) is 9.97 Å². The highest BCUT2D eigenvalue weighted by Gasteiger charge is 2.23. The lowest BCUT2D eigenvalue weighted by Gasteiger charge is -2.34. The first-order valence-electron chi connectivity index (χ1n) is 11.6. The van der Waals surface area contributed by atoms with Crippen LogP contribution >= 0.6 is 0 Å². The van der Waals surface area contributed by atoms with Crippen LogP contribution in [-0.4, -0.2) is 88.8 Å². The lowest BCUT2D eigenvalue weighted by molar-refractivity contribution is 0.0346. The largest absolute Gasteiger partial charge is 0.396 e. The van der Waals surface area contributed by atoms with Crippen LogP contribution in [0.4, 0.5) is 17.6 Å². The van der Waals surface area contributed by atoms with Gasteiger partial charge in [0.15, 0.2) is 0 Å². The quantitative estimate of drug-likeness (QED) is 0.546. The predicted molar refractivity (Wildman–Crippen MR) is 121 cm³/mol. The number of hydrogen-bond acceptors (Lipinski definition) is 10. The molecule has 2 aromatic rings. The van der Waals surface area contributed by atoms with Gasteiger partial charge in [-0.3, -0.25) is 4.68 Å². The van der Waals surface area contributed by atoms with Gasteiger partial charge in [0.05, 0.1) is 38.7 Å². The zero-order chi connectivity index (χ0) is 22.2. The Morgan fingerprint density at radius 2 is 2.00 bits per heavy atom. The molecule has 0 spiro atoms. The molecule has 0 saturated carbocycles. The Morgan fingerprint density at radius 3 is 2.81 bits per heavy atom. The van der Waals surface area contributed by atoms with Gasteiger partial charge >= 0.3 is 0 Å². The molecule has 32 heavy (non-hydrogen) atoms. The van der Waals surface area contributed by atoms with Gasteiger partial charge in [-0.1, -0.05) is 18.6 Å². The van der Waals surface area contributed by atoms with Crippen LogP contribution in [0.3, 0.4) is 0 Å². The van der Waals surface area contributed by atoms with E-state index in [4.69, 9.17) is 24.5 Å². The van der Waals surface area contributed by atoms with Crippen molar-refractivity contribution in [3.63, 3.8) is 0 Å². The van der Waals surface area contributed by atoms with Crippen LogP contribution in [0.5, 0.6) is 0 Å². The van der Waals surface area contributed by atoms with E-state index in [-0.39, 0.29) is 12.7 Å². The lowest BCUT2D eigenvalue weighted by Crippen LogP contribution is -2.43. The van der Waals surface area contributed by atoms with Crippen molar-refractivity contribution in [2.24, 2.45) is 0 Å². The molecular formula is C21H34N8O3. The SMILES string of the molecule is CCCC1CN(c2cc(NCc3cn(CCCO)nn3)nc(N3CCOCC3)n2)CCO1. The highest BCUT2D eigenvalue weighted by Crippen LogP contribution is 2.24. The minimum Gasteiger partial charge on any atom is -0.396 e. The number of morpholine rings is 2. The fourth-order valence-electron chi connectivity index (χ4n) is 3.95. The Labute approximate surface area is 188 Å². The Bertz CT molecular complexity index is 840. The summed E-state index contributed by atoms with van der Waals surface area (Å²) in [7, 11) is 0. The van der Waals surface area contributed by atoms with Crippen LogP contribution in [0.2, 0.25) is 0 Å². The number of aryl methyl sites for hydroxylation is 1. The Kier molecular flexibility index (Phi) is 8.07. The molecule has 0 aliphatic carbocycles. The van der Waals surface area contributed by atoms with Gasteiger partial charge in [-0.05, 0) is 12.8 Å². The minimum absolute atomic E-state index is 0.141. The number of nitrogens with zero attached hydrogens (tertiary/aromatic N) is 7. The van der Waals surface area contributed by atoms with Crippen LogP contribution in [0.15, 0.2) is 12.3 Å². The number of aliphatic hydroxyl groups is 1. The number of hydrogen-bond donors (Lipinski definition) is 2. The van der Waals surface area contributed by atoms with E-state index in [1.54, 1.807) is 4.68 Å². The molecule has 4 rings (SSSR count). The summed E-state index contributed by atoms with van der Waals surface area (Å²) in [4.78, 5) is 14.2. The molecule has 0 radical (unpaired) electrons. The fraction of sp³-hybridized carbons (Fsp3) is 0.714. The molecule has 1 atom stereocenters. The van der Waals surface area contributed by atoms with Crippen molar-refractivity contribution < 1.29 is 14.6 Å². The number of nitrogens with one attached hydrogen (secondary N) is 1. The highest BCUT2D eigenvalue weighted by atomic mass is 16.5. The van der Waals surface area contributed by atoms with Crippen LogP contribution in [0.25, 0.3) is 0 Å². The summed E-state index contributed by atoms with van der Waals surface area (Å²) < 4.78 is 13.2. The van der Waals surface area contributed by atoms with E-state index in [1.165, 1.54) is 0 Å². The van der Waals surface area contributed by atoms with Crippen molar-refractivity contribution in [3.05, 3.63) is 18.0 Å². The normalized spacial score (nSPS) is 19.4. The average Bonchev–Trinajstić information content (AvgIpc) is 3.30. The third-order valence-electron chi connectivity index (χ3n) is 5.65. The standard InChI is InChI=1S/C21H34N8O3/c1-2-4-18-16-28(8-12-32-18)20-13-19(23-21(24-20)27-6-10-31-11-7-27)22-14-17-15-29(26-25-17)5-3-9-30/h13,15,18,30H,2-12,14,16H2,1H3,(H,22,23,24). The molecule has 11 heteroatoms. The van der Waals surface area contributed by atoms with Crippen LogP contribution in [0.1, 0.15) is 31.9 Å². The topological polar surface area (TPSA) is 114 Å². The highest BCUT2D eigenvalue weighted by molar-refractivity contribution is 5.55. The fourth-order valence-corrected chi connectivity index (χ4v) is 3.95. The molecular weight excluding hydrogens is 412 g/mol. The van der Waals surface area contributed by atoms with Gasteiger partial charge in [-0.15, -0.1) is 5.10 Å². The van der Waals surface area contributed by atoms with E-state index in [0.29, 0.717) is 39.3 Å². The molecule has 2 fully saturated rings. The van der Waals surface area contributed by atoms with Crippen molar-refractivity contribution in [1.82, 2.24) is 25.0 Å². The second kappa shape index (κ2) is 11.4. The lowest BCUT2D eigenvalue weighted by atomic mass is 10.1. The zero-order valence-electron chi connectivity index (χ0n) is 18.8. The number of ether oxygens (including phenoxy) is 2. The first kappa shape index (κ1) is 22.7. The summed E-state index contributed by atoms with van der Waals surface area (Å²) in [6.07, 6.45) is 4.95. The third kappa shape index (κ3) is 6.05. The third-order valence-corrected chi connectivity index (χ3v) is 5.65. The van der Waals surface area contributed by atoms with E-state index in [2.05, 4.69) is 32.4 Å². The summed E-state index contributed by atoms with van der Waals surface area (Å²) in [5.74, 6) is 2.40. The van der Waals surface area contributed by atoms with Gasteiger partial charge < -0.3 is 29.7 Å². The molecule has 2 N–H and O–H groups in total. The molecule has 2 saturated heterocycles. The van der Waals surface area contributed by atoms with Gasteiger partial charge in [0.1, 0.15) is 17.3 Å². The molecule has 0 aromatic carbocycles. The summed E-state index contributed by atoms with van der Waals surface area (Å²) in [6.45, 7) is 8.79. The van der Waals surface area contributed by atoms with Crippen LogP contribution in [-0.2, 0) is 22.6 Å². The molecule has 1 unspecified atom stereocenters. The molecule has 0 bridgehead atoms. The first-order valence-corrected chi connectivity index (χ1v) is 11.6. The van der Waals surface area contributed by atoms with E-state index < -0.39 is 0 Å². The average molecular weight is 447 g/mol. The molecule has 0 amide bonds. The smallest absolute Gasteiger partial charge is 0.229 e. The monoisotopic (exact) mass is 446 g/mol. The summed E-state index contributed by atoms with van der Waals surface area (Å²) in [6, 6.07) is 2.01. The Hall–Kier alpha value is -2.50. The van der Waals surface area contributed by atoms with E-state index in [1.807, 2.05) is 12.3 Å². The summed E-state index contributed by atoms with van der Waals surface area (Å²) >= 11 is 0. The van der Waals surface area contributed by atoms with Gasteiger partial charge in [0, 0.05) is 45.4 Å². The molecule has 2 aliphatic rings. The van der Waals surface area contributed by atoms with Crippen molar-refractivity contribution in [1.29, 1.82) is 0 Å². The molecule has 4 heterocycles. The van der Waals surface area contributed by atoms with Crippen LogP contribution < -0.4 is 15.1 Å². The van der Waals surface area contributed by atoms with Gasteiger partial charge in [-0.25, -0.2) is 0 Å². The van der Waals surface area contributed by atoms with Gasteiger partial charge in [0.25, 0.3) is 0 Å². The van der Waals surface area contributed by atoms with E-state index >= 15 is 0 Å². The minimum atomic E-state index is 0.141. The molecule has 176 valence electrons. The van der Waals surface area contributed by atoms with Crippen LogP contribution in [0, 0.1) is 0 Å². The number of aliphatic hydroxyl groups excluding tert-OH is 1. The van der Waals surface area contributed by atoms with Gasteiger partial charge in [0.2, 0.25) is 5.95 Å². The maximum absolute atomic E-state index is 8.99. The number of aromatic nitrogens is 5. The molecule has 2 aliphatic heterocycles. The second-order valence-electron chi connectivity index (χ2n) is 8.14. The molecule has 11 nitrogen and oxygen atoms in total. The zero-order valence-corrected chi connectivity index (χ0v) is 18.8. The predicted octanol–water partition coefficient (Wildman–Crippen LogP) is 0.905. The second-order valence-corrected chi connectivity index (χ2v) is 8.14. The summed E-state index contributed by atoms with van der Waals surface area (Å²) in [5.41, 5.74) is 0.824. The Morgan fingerprint density at radius 1 is 1.16 bits per heavy atom. The van der Waals surface area contributed by atoms with Crippen molar-refractivity contribution in [2.45, 2.75) is 45.4 Å². The van der Waals surface area contributed by atoms with Crippen molar-refractivity contribution in [2.75, 3.05) is 67.7 Å². The number of anilines is 3. The van der Waals surface area contributed by atoms with E-state index in [0.717, 1.165) is 62.3 Å². The van der Waals surface area contributed by atoms with Crippen molar-refractivity contribution in [3.8, 4) is 0 Å². The van der Waals surface area contributed by atoms with Crippen molar-refractivity contribution >= 4 is 17.6 Å². The summed E-state index contributed by atoms with van der Waals surface area (Å²) in [5, 5.41) is 20.7. The Balaban J connectivity index is 1.50. The van der Waals surface area contributed by atoms with E-state index in [9.17, 15) is 0 Å². The number of rotatable bonds is 10. The first-order chi connectivity index (χ1) is 15.7.